The van der Waals surface area contributed by atoms with Crippen molar-refractivity contribution in [3.05, 3.63) is 24.2 Å². The molecule has 0 bridgehead atoms. The van der Waals surface area contributed by atoms with Gasteiger partial charge in [0.2, 0.25) is 0 Å². The average molecular weight is 353 g/mol. The fraction of sp³-hybridized carbons (Fsp3) is 0.500. The first-order valence-corrected chi connectivity index (χ1v) is 6.17. The summed E-state index contributed by atoms with van der Waals surface area (Å²) in [6.45, 7) is 2.53. The molecule has 2 N–H and O–H groups in total. The van der Waals surface area contributed by atoms with Gasteiger partial charge in [0.1, 0.15) is 12.3 Å². The molecule has 1 saturated heterocycles. The molecule has 0 aliphatic carbocycles. The third-order valence-corrected chi connectivity index (χ3v) is 3.25. The largest absolute Gasteiger partial charge is 0.467 e. The fourth-order valence-corrected chi connectivity index (χ4v) is 2.36. The van der Waals surface area contributed by atoms with Crippen LogP contribution in [0.2, 0.25) is 0 Å². The number of aliphatic imine (C=N–C) groups is 1. The van der Waals surface area contributed by atoms with Crippen molar-refractivity contribution in [3.8, 4) is 0 Å². The van der Waals surface area contributed by atoms with Gasteiger partial charge in [-0.1, -0.05) is 0 Å². The molecule has 6 heteroatoms. The van der Waals surface area contributed by atoms with Crippen molar-refractivity contribution in [2.45, 2.75) is 6.54 Å². The topological polar surface area (TPSA) is 54.8 Å². The number of guanidine groups is 1. The number of halogens is 1. The maximum atomic E-state index is 5.89. The molecule has 0 saturated carbocycles. The molecule has 0 unspecified atom stereocenters. The minimum absolute atomic E-state index is 0. The van der Waals surface area contributed by atoms with E-state index in [1.807, 2.05) is 23.9 Å². The molecule has 1 aliphatic heterocycles. The first-order chi connectivity index (χ1) is 7.36. The number of hydrogen-bond acceptors (Lipinski definition) is 3. The molecule has 2 rings (SSSR count). The van der Waals surface area contributed by atoms with E-state index < -0.39 is 0 Å². The normalized spacial score (nSPS) is 17.0. The predicted molar refractivity (Wildman–Crippen MR) is 78.3 cm³/mol. The summed E-state index contributed by atoms with van der Waals surface area (Å²) in [5.74, 6) is 3.75. The van der Waals surface area contributed by atoms with Gasteiger partial charge in [-0.05, 0) is 12.1 Å². The van der Waals surface area contributed by atoms with E-state index in [1.165, 1.54) is 0 Å². The van der Waals surface area contributed by atoms with Crippen LogP contribution >= 0.6 is 35.7 Å². The molecule has 0 spiro atoms. The summed E-state index contributed by atoms with van der Waals surface area (Å²) in [6.07, 6.45) is 1.65. The lowest BCUT2D eigenvalue weighted by Crippen LogP contribution is -2.42. The molecular formula is C10H16IN3OS. The van der Waals surface area contributed by atoms with E-state index in [-0.39, 0.29) is 24.0 Å². The number of furan rings is 1. The van der Waals surface area contributed by atoms with E-state index in [4.69, 9.17) is 10.2 Å². The Labute approximate surface area is 117 Å². The Morgan fingerprint density at radius 2 is 2.25 bits per heavy atom. The van der Waals surface area contributed by atoms with Crippen LogP contribution in [0.25, 0.3) is 0 Å². The van der Waals surface area contributed by atoms with Gasteiger partial charge in [0.05, 0.1) is 6.26 Å². The van der Waals surface area contributed by atoms with Crippen LogP contribution in [0, 0.1) is 0 Å². The standard InChI is InChI=1S/C10H15N3OS.HI/c11-10(13-3-6-15-7-4-13)12-8-9-2-1-5-14-9;/h1-2,5H,3-4,6-8H2,(H2,11,12);1H. The highest BCUT2D eigenvalue weighted by Gasteiger charge is 2.11. The molecule has 0 radical (unpaired) electrons. The van der Waals surface area contributed by atoms with Gasteiger partial charge in [-0.2, -0.15) is 11.8 Å². The SMILES string of the molecule is I.NC(=NCc1ccco1)N1CCSCC1. The Morgan fingerprint density at radius 3 is 2.88 bits per heavy atom. The molecule has 1 aromatic rings. The minimum atomic E-state index is 0. The molecule has 16 heavy (non-hydrogen) atoms. The third-order valence-electron chi connectivity index (χ3n) is 2.31. The first kappa shape index (κ1) is 13.7. The molecule has 1 fully saturated rings. The molecular weight excluding hydrogens is 337 g/mol. The molecule has 90 valence electrons. The maximum Gasteiger partial charge on any atom is 0.191 e. The Bertz CT molecular complexity index is 323. The summed E-state index contributed by atoms with van der Waals surface area (Å²) in [5.41, 5.74) is 5.89. The van der Waals surface area contributed by atoms with E-state index in [0.29, 0.717) is 12.5 Å². The van der Waals surface area contributed by atoms with Gasteiger partial charge in [0, 0.05) is 24.6 Å². The van der Waals surface area contributed by atoms with E-state index in [1.54, 1.807) is 6.26 Å². The van der Waals surface area contributed by atoms with Gasteiger partial charge >= 0.3 is 0 Å². The Kier molecular flexibility index (Phi) is 6.04. The van der Waals surface area contributed by atoms with Gasteiger partial charge in [-0.3, -0.25) is 0 Å². The van der Waals surface area contributed by atoms with E-state index in [0.717, 1.165) is 30.4 Å². The van der Waals surface area contributed by atoms with Crippen molar-refractivity contribution >= 4 is 41.7 Å². The van der Waals surface area contributed by atoms with Crippen LogP contribution < -0.4 is 5.73 Å². The summed E-state index contributed by atoms with van der Waals surface area (Å²) in [6, 6.07) is 3.77. The van der Waals surface area contributed by atoms with Crippen LogP contribution in [-0.4, -0.2) is 35.5 Å². The summed E-state index contributed by atoms with van der Waals surface area (Å²) in [7, 11) is 0. The number of nitrogens with two attached hydrogens (primary N) is 1. The predicted octanol–water partition coefficient (Wildman–Crippen LogP) is 1.76. The number of thioether (sulfide) groups is 1. The zero-order chi connectivity index (χ0) is 10.5. The van der Waals surface area contributed by atoms with Gasteiger partial charge in [-0.25, -0.2) is 4.99 Å². The van der Waals surface area contributed by atoms with Crippen molar-refractivity contribution in [3.63, 3.8) is 0 Å². The lowest BCUT2D eigenvalue weighted by atomic mass is 10.4. The molecule has 1 aromatic heterocycles. The molecule has 0 amide bonds. The molecule has 1 aliphatic rings. The second-order valence-electron chi connectivity index (χ2n) is 3.35. The van der Waals surface area contributed by atoms with Crippen molar-refractivity contribution in [2.24, 2.45) is 10.7 Å². The van der Waals surface area contributed by atoms with E-state index in [2.05, 4.69) is 9.89 Å². The summed E-state index contributed by atoms with van der Waals surface area (Å²) >= 11 is 1.96. The van der Waals surface area contributed by atoms with Crippen LogP contribution in [0.4, 0.5) is 0 Å². The third kappa shape index (κ3) is 3.89. The van der Waals surface area contributed by atoms with E-state index in [9.17, 15) is 0 Å². The monoisotopic (exact) mass is 353 g/mol. The van der Waals surface area contributed by atoms with E-state index >= 15 is 0 Å². The lowest BCUT2D eigenvalue weighted by Gasteiger charge is -2.27. The van der Waals surface area contributed by atoms with Crippen LogP contribution in [0.1, 0.15) is 5.76 Å². The second-order valence-corrected chi connectivity index (χ2v) is 4.58. The Morgan fingerprint density at radius 1 is 1.50 bits per heavy atom. The lowest BCUT2D eigenvalue weighted by molar-refractivity contribution is 0.452. The zero-order valence-corrected chi connectivity index (χ0v) is 12.1. The number of nitrogens with zero attached hydrogens (tertiary/aromatic N) is 2. The van der Waals surface area contributed by atoms with Crippen LogP contribution in [0.3, 0.4) is 0 Å². The summed E-state index contributed by atoms with van der Waals surface area (Å²) in [5, 5.41) is 0. The van der Waals surface area contributed by atoms with Crippen molar-refractivity contribution in [1.29, 1.82) is 0 Å². The number of rotatable bonds is 2. The highest BCUT2D eigenvalue weighted by atomic mass is 127. The quantitative estimate of drug-likeness (QED) is 0.500. The van der Waals surface area contributed by atoms with Crippen LogP contribution in [0.5, 0.6) is 0 Å². The maximum absolute atomic E-state index is 5.89. The average Bonchev–Trinajstić information content (AvgIpc) is 2.80. The van der Waals surface area contributed by atoms with Gasteiger partial charge < -0.3 is 15.1 Å². The second kappa shape index (κ2) is 7.05. The molecule has 4 nitrogen and oxygen atoms in total. The van der Waals surface area contributed by atoms with Crippen molar-refractivity contribution < 1.29 is 4.42 Å². The number of hydrogen-bond donors (Lipinski definition) is 1. The minimum Gasteiger partial charge on any atom is -0.467 e. The summed E-state index contributed by atoms with van der Waals surface area (Å²) in [4.78, 5) is 6.43. The van der Waals surface area contributed by atoms with Gasteiger partial charge in [0.25, 0.3) is 0 Å². The molecule has 2 heterocycles. The van der Waals surface area contributed by atoms with Crippen LogP contribution in [0.15, 0.2) is 27.8 Å². The highest BCUT2D eigenvalue weighted by Crippen LogP contribution is 2.09. The Balaban J connectivity index is 0.00000128. The molecule has 0 atom stereocenters. The highest BCUT2D eigenvalue weighted by molar-refractivity contribution is 14.0. The fourth-order valence-electron chi connectivity index (χ4n) is 1.45. The summed E-state index contributed by atoms with van der Waals surface area (Å²) < 4.78 is 5.19. The van der Waals surface area contributed by atoms with Gasteiger partial charge in [0.15, 0.2) is 5.96 Å². The zero-order valence-electron chi connectivity index (χ0n) is 8.96. The molecule has 0 aromatic carbocycles. The smallest absolute Gasteiger partial charge is 0.191 e. The van der Waals surface area contributed by atoms with Crippen molar-refractivity contribution in [1.82, 2.24) is 4.90 Å². The Hall–Kier alpha value is -0.370. The first-order valence-electron chi connectivity index (χ1n) is 5.01. The van der Waals surface area contributed by atoms with Crippen LogP contribution in [-0.2, 0) is 6.54 Å². The van der Waals surface area contributed by atoms with Crippen molar-refractivity contribution in [2.75, 3.05) is 24.6 Å². The van der Waals surface area contributed by atoms with Gasteiger partial charge in [-0.15, -0.1) is 24.0 Å².